The molecule has 3 rings (SSSR count). The van der Waals surface area contributed by atoms with E-state index in [4.69, 9.17) is 10.5 Å². The molecule has 18 heavy (non-hydrogen) atoms. The molecule has 1 heterocycles. The molecule has 1 saturated heterocycles. The molecular weight excluding hydrogens is 228 g/mol. The second-order valence-electron chi connectivity index (χ2n) is 5.08. The van der Waals surface area contributed by atoms with Crippen LogP contribution in [0.3, 0.4) is 0 Å². The summed E-state index contributed by atoms with van der Waals surface area (Å²) in [5.41, 5.74) is 7.65. The third-order valence-electron chi connectivity index (χ3n) is 3.98. The number of fused-ring (bicyclic) bond motifs is 1. The second-order valence-corrected chi connectivity index (χ2v) is 5.08. The Hall–Kier alpha value is -1.55. The van der Waals surface area contributed by atoms with Gasteiger partial charge in [-0.3, -0.25) is 0 Å². The zero-order valence-electron chi connectivity index (χ0n) is 10.5. The highest BCUT2D eigenvalue weighted by molar-refractivity contribution is 5.90. The third kappa shape index (κ3) is 1.86. The van der Waals surface area contributed by atoms with Crippen molar-refractivity contribution in [2.45, 2.75) is 13.0 Å². The molecule has 1 aliphatic heterocycles. The summed E-state index contributed by atoms with van der Waals surface area (Å²) in [6.45, 7) is 4.25. The van der Waals surface area contributed by atoms with Gasteiger partial charge in [0, 0.05) is 24.8 Å². The van der Waals surface area contributed by atoms with Crippen LogP contribution in [-0.2, 0) is 4.74 Å². The first-order valence-corrected chi connectivity index (χ1v) is 6.48. The molecule has 1 saturated carbocycles. The minimum absolute atomic E-state index is 0.250. The number of benzene rings is 1. The Morgan fingerprint density at radius 2 is 2.17 bits per heavy atom. The molecule has 1 aromatic carbocycles. The molecule has 0 bridgehead atoms. The first-order chi connectivity index (χ1) is 8.70. The molecule has 0 amide bonds. The van der Waals surface area contributed by atoms with E-state index in [0.717, 1.165) is 18.8 Å². The van der Waals surface area contributed by atoms with E-state index in [9.17, 15) is 4.79 Å². The Balaban J connectivity index is 1.74. The lowest BCUT2D eigenvalue weighted by Gasteiger charge is -2.21. The van der Waals surface area contributed by atoms with Gasteiger partial charge in [0.05, 0.1) is 12.2 Å². The number of anilines is 1. The second kappa shape index (κ2) is 4.28. The average molecular weight is 246 g/mol. The van der Waals surface area contributed by atoms with E-state index in [1.165, 1.54) is 0 Å². The summed E-state index contributed by atoms with van der Waals surface area (Å²) in [6, 6.07) is 8.05. The van der Waals surface area contributed by atoms with Crippen LogP contribution in [0.4, 0.5) is 5.69 Å². The summed E-state index contributed by atoms with van der Waals surface area (Å²) in [4.78, 5) is 14.0. The molecule has 2 atom stereocenters. The van der Waals surface area contributed by atoms with Gasteiger partial charge in [-0.15, -0.1) is 0 Å². The summed E-state index contributed by atoms with van der Waals surface area (Å²) in [6.07, 6.45) is 0. The van der Waals surface area contributed by atoms with Crippen LogP contribution in [-0.4, -0.2) is 31.7 Å². The summed E-state index contributed by atoms with van der Waals surface area (Å²) in [5, 5.41) is 0. The Morgan fingerprint density at radius 3 is 2.83 bits per heavy atom. The van der Waals surface area contributed by atoms with Gasteiger partial charge in [0.2, 0.25) is 0 Å². The maximum Gasteiger partial charge on any atom is 0.338 e. The number of rotatable bonds is 3. The molecule has 2 fully saturated rings. The van der Waals surface area contributed by atoms with Gasteiger partial charge in [-0.25, -0.2) is 4.79 Å². The molecular formula is C14H18N2O2. The van der Waals surface area contributed by atoms with Gasteiger partial charge < -0.3 is 15.4 Å². The Bertz CT molecular complexity index is 463. The van der Waals surface area contributed by atoms with Crippen LogP contribution in [0, 0.1) is 11.8 Å². The van der Waals surface area contributed by atoms with Crippen molar-refractivity contribution in [3.05, 3.63) is 29.8 Å². The molecule has 96 valence electrons. The smallest absolute Gasteiger partial charge is 0.338 e. The lowest BCUT2D eigenvalue weighted by Crippen LogP contribution is -2.28. The Labute approximate surface area is 107 Å². The average Bonchev–Trinajstić information content (AvgIpc) is 2.81. The van der Waals surface area contributed by atoms with Gasteiger partial charge in [0.15, 0.2) is 0 Å². The van der Waals surface area contributed by atoms with Gasteiger partial charge in [0.25, 0.3) is 0 Å². The molecule has 0 spiro atoms. The minimum atomic E-state index is -0.250. The molecule has 1 aliphatic carbocycles. The number of ether oxygens (including phenoxy) is 1. The number of nitrogens with two attached hydrogens (primary N) is 1. The highest BCUT2D eigenvalue weighted by Crippen LogP contribution is 2.45. The number of hydrogen-bond donors (Lipinski definition) is 1. The summed E-state index contributed by atoms with van der Waals surface area (Å²) < 4.78 is 5.02. The van der Waals surface area contributed by atoms with Crippen LogP contribution in [0.5, 0.6) is 0 Å². The molecule has 2 aliphatic rings. The summed E-state index contributed by atoms with van der Waals surface area (Å²) in [5.74, 6) is 1.05. The van der Waals surface area contributed by atoms with Crippen molar-refractivity contribution in [2.75, 3.05) is 24.6 Å². The SMILES string of the molecule is CCOC(=O)c1cccc(N2CC3C(N)C3C2)c1. The first kappa shape index (κ1) is 11.5. The maximum absolute atomic E-state index is 11.7. The lowest BCUT2D eigenvalue weighted by molar-refractivity contribution is 0.0526. The fraction of sp³-hybridized carbons (Fsp3) is 0.500. The zero-order valence-corrected chi connectivity index (χ0v) is 10.5. The maximum atomic E-state index is 11.7. The number of piperidine rings is 1. The monoisotopic (exact) mass is 246 g/mol. The molecule has 4 heteroatoms. The van der Waals surface area contributed by atoms with Crippen molar-refractivity contribution in [2.24, 2.45) is 17.6 Å². The lowest BCUT2D eigenvalue weighted by atomic mass is 10.2. The van der Waals surface area contributed by atoms with E-state index >= 15 is 0 Å². The predicted molar refractivity (Wildman–Crippen MR) is 69.6 cm³/mol. The van der Waals surface area contributed by atoms with Crippen molar-refractivity contribution >= 4 is 11.7 Å². The largest absolute Gasteiger partial charge is 0.462 e. The fourth-order valence-electron chi connectivity index (χ4n) is 2.83. The highest BCUT2D eigenvalue weighted by Gasteiger charge is 2.53. The van der Waals surface area contributed by atoms with Gasteiger partial charge in [-0.1, -0.05) is 6.07 Å². The van der Waals surface area contributed by atoms with E-state index in [1.54, 1.807) is 6.07 Å². The molecule has 4 nitrogen and oxygen atoms in total. The van der Waals surface area contributed by atoms with E-state index in [1.807, 2.05) is 25.1 Å². The van der Waals surface area contributed by atoms with Crippen molar-refractivity contribution in [1.29, 1.82) is 0 Å². The molecule has 1 aromatic rings. The molecule has 2 unspecified atom stereocenters. The number of nitrogens with zero attached hydrogens (tertiary/aromatic N) is 1. The van der Waals surface area contributed by atoms with Crippen LogP contribution in [0.1, 0.15) is 17.3 Å². The molecule has 2 N–H and O–H groups in total. The quantitative estimate of drug-likeness (QED) is 0.816. The first-order valence-electron chi connectivity index (χ1n) is 6.48. The van der Waals surface area contributed by atoms with Crippen LogP contribution in [0.2, 0.25) is 0 Å². The summed E-state index contributed by atoms with van der Waals surface area (Å²) in [7, 11) is 0. The van der Waals surface area contributed by atoms with Gasteiger partial charge in [0.1, 0.15) is 0 Å². The standard InChI is InChI=1S/C14H18N2O2/c1-2-18-14(17)9-4-3-5-10(6-9)16-7-11-12(8-16)13(11)15/h3-6,11-13H,2,7-8,15H2,1H3. The molecule has 0 radical (unpaired) electrons. The van der Waals surface area contributed by atoms with Gasteiger partial charge >= 0.3 is 5.97 Å². The van der Waals surface area contributed by atoms with E-state index in [0.29, 0.717) is 30.0 Å². The van der Waals surface area contributed by atoms with Crippen molar-refractivity contribution < 1.29 is 9.53 Å². The van der Waals surface area contributed by atoms with Gasteiger partial charge in [-0.2, -0.15) is 0 Å². The van der Waals surface area contributed by atoms with Crippen molar-refractivity contribution in [3.8, 4) is 0 Å². The number of carbonyl (C=O) groups is 1. The van der Waals surface area contributed by atoms with Gasteiger partial charge in [-0.05, 0) is 37.0 Å². The predicted octanol–water partition coefficient (Wildman–Crippen LogP) is 1.26. The van der Waals surface area contributed by atoms with E-state index in [-0.39, 0.29) is 5.97 Å². The third-order valence-corrected chi connectivity index (χ3v) is 3.98. The zero-order chi connectivity index (χ0) is 12.7. The van der Waals surface area contributed by atoms with Crippen molar-refractivity contribution in [3.63, 3.8) is 0 Å². The van der Waals surface area contributed by atoms with E-state index in [2.05, 4.69) is 4.90 Å². The van der Waals surface area contributed by atoms with E-state index < -0.39 is 0 Å². The highest BCUT2D eigenvalue weighted by atomic mass is 16.5. The van der Waals surface area contributed by atoms with Crippen LogP contribution >= 0.6 is 0 Å². The minimum Gasteiger partial charge on any atom is -0.462 e. The number of carbonyl (C=O) groups excluding carboxylic acids is 1. The fourth-order valence-corrected chi connectivity index (χ4v) is 2.83. The number of esters is 1. The summed E-state index contributed by atoms with van der Waals surface area (Å²) >= 11 is 0. The Kier molecular flexibility index (Phi) is 2.74. The topological polar surface area (TPSA) is 55.6 Å². The van der Waals surface area contributed by atoms with Crippen LogP contribution < -0.4 is 10.6 Å². The van der Waals surface area contributed by atoms with Crippen LogP contribution in [0.15, 0.2) is 24.3 Å². The molecule has 0 aromatic heterocycles. The van der Waals surface area contributed by atoms with Crippen molar-refractivity contribution in [1.82, 2.24) is 0 Å². The van der Waals surface area contributed by atoms with Crippen LogP contribution in [0.25, 0.3) is 0 Å². The Morgan fingerprint density at radius 1 is 1.44 bits per heavy atom. The normalized spacial score (nSPS) is 29.0. The number of hydrogen-bond acceptors (Lipinski definition) is 4.